The molecule has 1 aromatic rings. The van der Waals surface area contributed by atoms with Crippen LogP contribution in [0, 0.1) is 13.8 Å². The van der Waals surface area contributed by atoms with Crippen LogP contribution in [0.3, 0.4) is 0 Å². The Hall–Kier alpha value is -1.50. The summed E-state index contributed by atoms with van der Waals surface area (Å²) in [5.41, 5.74) is 0.344. The fourth-order valence-electron chi connectivity index (χ4n) is 4.43. The van der Waals surface area contributed by atoms with E-state index in [4.69, 9.17) is 4.52 Å². The van der Waals surface area contributed by atoms with E-state index in [2.05, 4.69) is 5.16 Å². The summed E-state index contributed by atoms with van der Waals surface area (Å²) in [7, 11) is -6.75. The summed E-state index contributed by atoms with van der Waals surface area (Å²) in [6.07, 6.45) is 2.35. The molecule has 0 N–H and O–H groups in total. The van der Waals surface area contributed by atoms with Gasteiger partial charge in [0.15, 0.2) is 15.6 Å². The first-order chi connectivity index (χ1) is 14.1. The zero-order chi connectivity index (χ0) is 21.7. The molecular weight excluding hydrogens is 432 g/mol. The van der Waals surface area contributed by atoms with Gasteiger partial charge in [-0.25, -0.2) is 16.8 Å². The first-order valence-electron chi connectivity index (χ1n) is 10.3. The molecule has 3 fully saturated rings. The van der Waals surface area contributed by atoms with Gasteiger partial charge in [0.1, 0.15) is 10.6 Å². The number of rotatable bonds is 6. The highest BCUT2D eigenvalue weighted by Crippen LogP contribution is 2.32. The summed E-state index contributed by atoms with van der Waals surface area (Å²) in [4.78, 5) is 16.8. The third-order valence-corrected chi connectivity index (χ3v) is 9.98. The minimum Gasteiger partial charge on any atom is -0.360 e. The van der Waals surface area contributed by atoms with Crippen LogP contribution in [0.15, 0.2) is 9.42 Å². The molecule has 1 aromatic heterocycles. The average molecular weight is 461 g/mol. The van der Waals surface area contributed by atoms with Crippen molar-refractivity contribution >= 4 is 25.8 Å². The van der Waals surface area contributed by atoms with Crippen LogP contribution in [0.1, 0.15) is 30.7 Å². The monoisotopic (exact) mass is 460 g/mol. The van der Waals surface area contributed by atoms with Gasteiger partial charge in [0, 0.05) is 38.3 Å². The molecule has 1 unspecified atom stereocenters. The van der Waals surface area contributed by atoms with Gasteiger partial charge in [-0.3, -0.25) is 9.69 Å². The molecule has 1 atom stereocenters. The zero-order valence-electron chi connectivity index (χ0n) is 17.3. The number of aromatic nitrogens is 1. The number of carbonyl (C=O) groups is 1. The van der Waals surface area contributed by atoms with Crippen molar-refractivity contribution in [2.45, 2.75) is 50.1 Å². The van der Waals surface area contributed by atoms with Gasteiger partial charge in [-0.15, -0.1) is 0 Å². The SMILES string of the molecule is Cc1noc(C)c1S(=O)(=O)N1CCN(CC(=O)N(C2CC2)C2CCS(=O)(=O)C2)CC1. The summed E-state index contributed by atoms with van der Waals surface area (Å²) in [6, 6.07) is -0.0757. The molecule has 0 radical (unpaired) electrons. The third kappa shape index (κ3) is 4.27. The predicted octanol–water partition coefficient (Wildman–Crippen LogP) is -0.224. The third-order valence-electron chi connectivity index (χ3n) is 6.09. The Morgan fingerprint density at radius 1 is 1.13 bits per heavy atom. The normalized spacial score (nSPS) is 25.5. The first kappa shape index (κ1) is 21.7. The second-order valence-corrected chi connectivity index (χ2v) is 12.5. The van der Waals surface area contributed by atoms with Gasteiger partial charge in [-0.2, -0.15) is 4.31 Å². The summed E-state index contributed by atoms with van der Waals surface area (Å²) in [6.45, 7) is 4.81. The van der Waals surface area contributed by atoms with Crippen molar-refractivity contribution in [2.24, 2.45) is 0 Å². The topological polar surface area (TPSA) is 121 Å². The number of nitrogens with zero attached hydrogens (tertiary/aromatic N) is 4. The molecule has 0 aromatic carbocycles. The Morgan fingerprint density at radius 2 is 1.80 bits per heavy atom. The Balaban J connectivity index is 1.37. The number of sulfonamides is 1. The van der Waals surface area contributed by atoms with E-state index in [9.17, 15) is 21.6 Å². The molecule has 3 heterocycles. The minimum atomic E-state index is -3.69. The molecule has 30 heavy (non-hydrogen) atoms. The highest BCUT2D eigenvalue weighted by Gasteiger charge is 2.42. The molecule has 1 amide bonds. The van der Waals surface area contributed by atoms with Crippen LogP contribution in [0.2, 0.25) is 0 Å². The molecule has 2 aliphatic heterocycles. The molecule has 1 aliphatic carbocycles. The molecule has 3 aliphatic rings. The van der Waals surface area contributed by atoms with E-state index in [1.54, 1.807) is 18.7 Å². The van der Waals surface area contributed by atoms with Gasteiger partial charge in [0.05, 0.1) is 18.1 Å². The Labute approximate surface area is 177 Å². The maximum absolute atomic E-state index is 13.0. The molecule has 168 valence electrons. The lowest BCUT2D eigenvalue weighted by molar-refractivity contribution is -0.135. The number of hydrogen-bond donors (Lipinski definition) is 0. The van der Waals surface area contributed by atoms with Crippen LogP contribution >= 0.6 is 0 Å². The highest BCUT2D eigenvalue weighted by molar-refractivity contribution is 7.91. The van der Waals surface area contributed by atoms with Gasteiger partial charge in [0.25, 0.3) is 0 Å². The van der Waals surface area contributed by atoms with Gasteiger partial charge in [-0.05, 0) is 33.1 Å². The summed E-state index contributed by atoms with van der Waals surface area (Å²) in [5, 5.41) is 3.74. The Morgan fingerprint density at radius 3 is 2.30 bits per heavy atom. The molecule has 12 heteroatoms. The average Bonchev–Trinajstić information content (AvgIpc) is 3.34. The second kappa shape index (κ2) is 7.88. The van der Waals surface area contributed by atoms with Crippen LogP contribution in [0.25, 0.3) is 0 Å². The van der Waals surface area contributed by atoms with Crippen molar-refractivity contribution in [1.82, 2.24) is 19.3 Å². The summed E-state index contributed by atoms with van der Waals surface area (Å²) >= 11 is 0. The Kier molecular flexibility index (Phi) is 5.71. The van der Waals surface area contributed by atoms with Gasteiger partial charge in [-0.1, -0.05) is 5.16 Å². The lowest BCUT2D eigenvalue weighted by Gasteiger charge is -2.36. The number of carbonyl (C=O) groups excluding carboxylic acids is 1. The fourth-order valence-corrected chi connectivity index (χ4v) is 7.85. The number of sulfone groups is 1. The van der Waals surface area contributed by atoms with E-state index < -0.39 is 19.9 Å². The van der Waals surface area contributed by atoms with E-state index in [1.165, 1.54) is 4.31 Å². The largest absolute Gasteiger partial charge is 0.360 e. The van der Waals surface area contributed by atoms with E-state index >= 15 is 0 Å². The number of hydrogen-bond acceptors (Lipinski definition) is 8. The zero-order valence-corrected chi connectivity index (χ0v) is 18.9. The van der Waals surface area contributed by atoms with E-state index in [1.807, 2.05) is 4.90 Å². The molecule has 0 bridgehead atoms. The van der Waals surface area contributed by atoms with Crippen molar-refractivity contribution in [3.63, 3.8) is 0 Å². The molecule has 4 rings (SSSR count). The lowest BCUT2D eigenvalue weighted by Crippen LogP contribution is -2.53. The molecular formula is C18H28N4O6S2. The molecule has 0 spiro atoms. The molecule has 2 saturated heterocycles. The van der Waals surface area contributed by atoms with Crippen LogP contribution in [-0.4, -0.2) is 98.3 Å². The Bertz CT molecular complexity index is 1000. The van der Waals surface area contributed by atoms with E-state index in [0.717, 1.165) is 12.8 Å². The summed E-state index contributed by atoms with van der Waals surface area (Å²) in [5.74, 6) is 0.420. The van der Waals surface area contributed by atoms with Crippen LogP contribution in [0.4, 0.5) is 0 Å². The number of piperazine rings is 1. The number of aryl methyl sites for hydroxylation is 2. The van der Waals surface area contributed by atoms with Crippen molar-refractivity contribution in [3.05, 3.63) is 11.5 Å². The van der Waals surface area contributed by atoms with Crippen LogP contribution in [0.5, 0.6) is 0 Å². The second-order valence-electron chi connectivity index (χ2n) is 8.42. The first-order valence-corrected chi connectivity index (χ1v) is 13.5. The van der Waals surface area contributed by atoms with E-state index in [0.29, 0.717) is 25.2 Å². The molecule has 10 nitrogen and oxygen atoms in total. The maximum atomic E-state index is 13.0. The smallest absolute Gasteiger partial charge is 0.248 e. The standard InChI is InChI=1S/C18H28N4O6S2/c1-13-18(14(2)28-19-13)30(26,27)21-8-6-20(7-9-21)11-17(23)22(15-3-4-15)16-5-10-29(24,25)12-16/h15-16H,3-12H2,1-2H3. The van der Waals surface area contributed by atoms with E-state index in [-0.39, 0.29) is 59.8 Å². The minimum absolute atomic E-state index is 0.0540. The van der Waals surface area contributed by atoms with Crippen molar-refractivity contribution in [2.75, 3.05) is 44.2 Å². The number of amides is 1. The molecule has 1 saturated carbocycles. The van der Waals surface area contributed by atoms with Crippen molar-refractivity contribution in [1.29, 1.82) is 0 Å². The van der Waals surface area contributed by atoms with Crippen molar-refractivity contribution in [3.8, 4) is 0 Å². The van der Waals surface area contributed by atoms with Crippen LogP contribution < -0.4 is 0 Å². The maximum Gasteiger partial charge on any atom is 0.248 e. The van der Waals surface area contributed by atoms with Gasteiger partial charge in [0.2, 0.25) is 15.9 Å². The van der Waals surface area contributed by atoms with Crippen molar-refractivity contribution < 1.29 is 26.2 Å². The quantitative estimate of drug-likeness (QED) is 0.571. The van der Waals surface area contributed by atoms with Crippen LogP contribution in [-0.2, 0) is 24.7 Å². The predicted molar refractivity (Wildman–Crippen MR) is 108 cm³/mol. The summed E-state index contributed by atoms with van der Waals surface area (Å²) < 4.78 is 56.0. The highest BCUT2D eigenvalue weighted by atomic mass is 32.2. The fraction of sp³-hybridized carbons (Fsp3) is 0.778. The van der Waals surface area contributed by atoms with Gasteiger partial charge < -0.3 is 9.42 Å². The lowest BCUT2D eigenvalue weighted by atomic mass is 10.2. The van der Waals surface area contributed by atoms with Gasteiger partial charge >= 0.3 is 0 Å².